The Labute approximate surface area is 173 Å². The van der Waals surface area contributed by atoms with E-state index in [0.717, 1.165) is 57.3 Å². The molecule has 2 aromatic carbocycles. The Morgan fingerprint density at radius 3 is 1.97 bits per heavy atom. The maximum absolute atomic E-state index is 13.4. The number of nitrogens with zero attached hydrogens (tertiary/aromatic N) is 2. The Morgan fingerprint density at radius 1 is 0.793 bits per heavy atom. The summed E-state index contributed by atoms with van der Waals surface area (Å²) in [6, 6.07) is 20.6. The van der Waals surface area contributed by atoms with Gasteiger partial charge in [0.25, 0.3) is 0 Å². The molecule has 29 heavy (non-hydrogen) atoms. The largest absolute Gasteiger partial charge is 0.342 e. The maximum Gasteiger partial charge on any atom is 0.226 e. The lowest BCUT2D eigenvalue weighted by molar-refractivity contribution is -0.141. The Balaban J connectivity index is 1.39. The lowest BCUT2D eigenvalue weighted by Gasteiger charge is -2.34. The summed E-state index contributed by atoms with van der Waals surface area (Å²) in [5.41, 5.74) is 2.42. The van der Waals surface area contributed by atoms with E-state index in [0.29, 0.717) is 12.5 Å². The first kappa shape index (κ1) is 19.7. The van der Waals surface area contributed by atoms with Crippen molar-refractivity contribution >= 4 is 11.8 Å². The molecule has 1 saturated heterocycles. The molecule has 0 aromatic heterocycles. The second-order valence-electron chi connectivity index (χ2n) is 8.35. The van der Waals surface area contributed by atoms with Crippen LogP contribution in [0.5, 0.6) is 0 Å². The van der Waals surface area contributed by atoms with Crippen molar-refractivity contribution in [3.8, 4) is 0 Å². The number of benzene rings is 2. The lowest BCUT2D eigenvalue weighted by atomic mass is 9.94. The van der Waals surface area contributed by atoms with Gasteiger partial charge in [-0.05, 0) is 43.2 Å². The van der Waals surface area contributed by atoms with E-state index in [1.807, 2.05) is 46.2 Å². The fourth-order valence-electron chi connectivity index (χ4n) is 4.17. The number of hydrogen-bond donors (Lipinski definition) is 0. The summed E-state index contributed by atoms with van der Waals surface area (Å²) in [5, 5.41) is 0. The molecule has 0 N–H and O–H groups in total. The van der Waals surface area contributed by atoms with E-state index in [1.165, 1.54) is 5.56 Å². The summed E-state index contributed by atoms with van der Waals surface area (Å²) >= 11 is 0. The molecule has 0 atom stereocenters. The molecule has 4 nitrogen and oxygen atoms in total. The normalized spacial score (nSPS) is 17.2. The summed E-state index contributed by atoms with van der Waals surface area (Å²) < 4.78 is 0. The van der Waals surface area contributed by atoms with Crippen molar-refractivity contribution in [3.05, 3.63) is 71.8 Å². The summed E-state index contributed by atoms with van der Waals surface area (Å²) in [6.45, 7) is 2.82. The average Bonchev–Trinajstić information content (AvgIpc) is 3.63. The highest BCUT2D eigenvalue weighted by Crippen LogP contribution is 2.32. The SMILES string of the molecule is O=C(C1CC1)N1CCC(C(=O)N(CCc2ccccc2)Cc2ccccc2)CC1. The number of rotatable bonds is 7. The second-order valence-corrected chi connectivity index (χ2v) is 8.35. The molecular weight excluding hydrogens is 360 g/mol. The molecular formula is C25H30N2O2. The van der Waals surface area contributed by atoms with E-state index in [4.69, 9.17) is 0 Å². The van der Waals surface area contributed by atoms with Crippen LogP contribution in [0, 0.1) is 11.8 Å². The van der Waals surface area contributed by atoms with E-state index < -0.39 is 0 Å². The van der Waals surface area contributed by atoms with Crippen LogP contribution < -0.4 is 0 Å². The number of piperidine rings is 1. The van der Waals surface area contributed by atoms with Gasteiger partial charge in [-0.15, -0.1) is 0 Å². The molecule has 0 unspecified atom stereocenters. The van der Waals surface area contributed by atoms with Crippen LogP contribution >= 0.6 is 0 Å². The van der Waals surface area contributed by atoms with Crippen LogP contribution in [0.4, 0.5) is 0 Å². The first-order valence-corrected chi connectivity index (χ1v) is 10.9. The Morgan fingerprint density at radius 2 is 1.38 bits per heavy atom. The zero-order valence-corrected chi connectivity index (χ0v) is 17.0. The number of hydrogen-bond acceptors (Lipinski definition) is 2. The molecule has 2 aromatic rings. The molecule has 2 amide bonds. The van der Waals surface area contributed by atoms with Crippen molar-refractivity contribution < 1.29 is 9.59 Å². The summed E-state index contributed by atoms with van der Waals surface area (Å²) in [7, 11) is 0. The zero-order chi connectivity index (χ0) is 20.1. The predicted octanol–water partition coefficient (Wildman–Crippen LogP) is 3.91. The standard InChI is InChI=1S/C25H30N2O2/c28-24(22-11-12-22)26-17-14-23(15-18-26)25(29)27(19-21-9-5-2-6-10-21)16-13-20-7-3-1-4-8-20/h1-10,22-23H,11-19H2. The van der Waals surface area contributed by atoms with Gasteiger partial charge in [0.2, 0.25) is 11.8 Å². The van der Waals surface area contributed by atoms with E-state index >= 15 is 0 Å². The third kappa shape index (κ3) is 5.26. The van der Waals surface area contributed by atoms with Crippen molar-refractivity contribution in [1.29, 1.82) is 0 Å². The van der Waals surface area contributed by atoms with Gasteiger partial charge in [0.1, 0.15) is 0 Å². The number of carbonyl (C=O) groups is 2. The van der Waals surface area contributed by atoms with Crippen LogP contribution in [0.1, 0.15) is 36.8 Å². The highest BCUT2D eigenvalue weighted by atomic mass is 16.2. The highest BCUT2D eigenvalue weighted by Gasteiger charge is 2.36. The number of amides is 2. The molecule has 1 heterocycles. The second kappa shape index (κ2) is 9.25. The first-order chi connectivity index (χ1) is 14.2. The lowest BCUT2D eigenvalue weighted by Crippen LogP contribution is -2.45. The predicted molar refractivity (Wildman–Crippen MR) is 114 cm³/mol. The van der Waals surface area contributed by atoms with Crippen LogP contribution in [0.2, 0.25) is 0 Å². The van der Waals surface area contributed by atoms with Gasteiger partial charge in [-0.2, -0.15) is 0 Å². The summed E-state index contributed by atoms with van der Waals surface area (Å²) in [6.07, 6.45) is 4.52. The van der Waals surface area contributed by atoms with Gasteiger partial charge < -0.3 is 9.80 Å². The molecule has 0 bridgehead atoms. The van der Waals surface area contributed by atoms with Gasteiger partial charge in [0.05, 0.1) is 0 Å². The van der Waals surface area contributed by atoms with Gasteiger partial charge in [0.15, 0.2) is 0 Å². The monoisotopic (exact) mass is 390 g/mol. The van der Waals surface area contributed by atoms with Crippen molar-refractivity contribution in [3.63, 3.8) is 0 Å². The fraction of sp³-hybridized carbons (Fsp3) is 0.440. The van der Waals surface area contributed by atoms with Crippen LogP contribution in [-0.4, -0.2) is 41.2 Å². The Kier molecular flexibility index (Phi) is 6.28. The maximum atomic E-state index is 13.4. The third-order valence-electron chi connectivity index (χ3n) is 6.12. The Hall–Kier alpha value is -2.62. The number of likely N-dealkylation sites (tertiary alicyclic amines) is 1. The van der Waals surface area contributed by atoms with Crippen molar-refractivity contribution in [2.75, 3.05) is 19.6 Å². The zero-order valence-electron chi connectivity index (χ0n) is 17.0. The molecule has 152 valence electrons. The quantitative estimate of drug-likeness (QED) is 0.719. The third-order valence-corrected chi connectivity index (χ3v) is 6.12. The summed E-state index contributed by atoms with van der Waals surface area (Å²) in [4.78, 5) is 29.7. The molecule has 0 radical (unpaired) electrons. The van der Waals surface area contributed by atoms with Crippen LogP contribution in [-0.2, 0) is 22.6 Å². The first-order valence-electron chi connectivity index (χ1n) is 10.9. The molecule has 2 fully saturated rings. The fourth-order valence-corrected chi connectivity index (χ4v) is 4.17. The van der Waals surface area contributed by atoms with Gasteiger partial charge >= 0.3 is 0 Å². The van der Waals surface area contributed by atoms with Crippen molar-refractivity contribution in [2.24, 2.45) is 11.8 Å². The minimum atomic E-state index is 0.0257. The average molecular weight is 391 g/mol. The molecule has 4 rings (SSSR count). The van der Waals surface area contributed by atoms with Crippen LogP contribution in [0.25, 0.3) is 0 Å². The van der Waals surface area contributed by atoms with Crippen molar-refractivity contribution in [2.45, 2.75) is 38.6 Å². The summed E-state index contributed by atoms with van der Waals surface area (Å²) in [5.74, 6) is 0.838. The minimum absolute atomic E-state index is 0.0257. The van der Waals surface area contributed by atoms with E-state index in [9.17, 15) is 9.59 Å². The molecule has 1 saturated carbocycles. The van der Waals surface area contributed by atoms with Gasteiger partial charge in [-0.1, -0.05) is 60.7 Å². The van der Waals surface area contributed by atoms with Crippen LogP contribution in [0.15, 0.2) is 60.7 Å². The van der Waals surface area contributed by atoms with Gasteiger partial charge in [-0.25, -0.2) is 0 Å². The van der Waals surface area contributed by atoms with E-state index in [-0.39, 0.29) is 17.7 Å². The van der Waals surface area contributed by atoms with Crippen molar-refractivity contribution in [1.82, 2.24) is 9.80 Å². The van der Waals surface area contributed by atoms with Crippen LogP contribution in [0.3, 0.4) is 0 Å². The van der Waals surface area contributed by atoms with E-state index in [1.54, 1.807) is 0 Å². The van der Waals surface area contributed by atoms with Gasteiger partial charge in [-0.3, -0.25) is 9.59 Å². The smallest absolute Gasteiger partial charge is 0.226 e. The molecule has 1 aliphatic carbocycles. The molecule has 0 spiro atoms. The topological polar surface area (TPSA) is 40.6 Å². The minimum Gasteiger partial charge on any atom is -0.342 e. The number of carbonyl (C=O) groups excluding carboxylic acids is 2. The molecule has 2 aliphatic rings. The molecule has 4 heteroatoms. The van der Waals surface area contributed by atoms with E-state index in [2.05, 4.69) is 24.3 Å². The molecule has 1 aliphatic heterocycles. The highest BCUT2D eigenvalue weighted by molar-refractivity contribution is 5.82. The van der Waals surface area contributed by atoms with Gasteiger partial charge in [0, 0.05) is 38.0 Å². The Bertz CT molecular complexity index is 809.